The van der Waals surface area contributed by atoms with Gasteiger partial charge in [0.2, 0.25) is 5.91 Å². The molecule has 4 heteroatoms. The SMILES string of the molecule is Cc1ccsc1CCC(=O)N1CCNCC1. The maximum atomic E-state index is 11.9. The van der Waals surface area contributed by atoms with Gasteiger partial charge in [0.05, 0.1) is 0 Å². The standard InChI is InChI=1S/C12H18N2OS/c1-10-4-9-16-11(10)2-3-12(15)14-7-5-13-6-8-14/h4,9,13H,2-3,5-8H2,1H3. The van der Waals surface area contributed by atoms with Crippen molar-refractivity contribution in [2.75, 3.05) is 26.2 Å². The van der Waals surface area contributed by atoms with Crippen LogP contribution in [0.5, 0.6) is 0 Å². The number of carbonyl (C=O) groups is 1. The minimum Gasteiger partial charge on any atom is -0.340 e. The van der Waals surface area contributed by atoms with E-state index in [1.165, 1.54) is 10.4 Å². The molecular formula is C12H18N2OS. The van der Waals surface area contributed by atoms with E-state index in [9.17, 15) is 4.79 Å². The summed E-state index contributed by atoms with van der Waals surface area (Å²) in [6.07, 6.45) is 1.55. The summed E-state index contributed by atoms with van der Waals surface area (Å²) in [5.41, 5.74) is 1.32. The van der Waals surface area contributed by atoms with Gasteiger partial charge in [-0.05, 0) is 30.4 Å². The second-order valence-electron chi connectivity index (χ2n) is 4.16. The quantitative estimate of drug-likeness (QED) is 0.864. The Kier molecular flexibility index (Phi) is 3.96. The second-order valence-corrected chi connectivity index (χ2v) is 5.16. The molecule has 0 aliphatic carbocycles. The van der Waals surface area contributed by atoms with Crippen molar-refractivity contribution in [2.24, 2.45) is 0 Å². The van der Waals surface area contributed by atoms with E-state index >= 15 is 0 Å². The van der Waals surface area contributed by atoms with E-state index in [4.69, 9.17) is 0 Å². The molecule has 1 amide bonds. The summed E-state index contributed by atoms with van der Waals surface area (Å²) in [5.74, 6) is 0.300. The number of piperazine rings is 1. The molecule has 16 heavy (non-hydrogen) atoms. The number of hydrogen-bond acceptors (Lipinski definition) is 3. The Morgan fingerprint density at radius 3 is 2.88 bits per heavy atom. The van der Waals surface area contributed by atoms with Crippen molar-refractivity contribution >= 4 is 17.2 Å². The molecule has 1 aromatic heterocycles. The Morgan fingerprint density at radius 2 is 2.25 bits per heavy atom. The van der Waals surface area contributed by atoms with Crippen LogP contribution in [0.2, 0.25) is 0 Å². The molecule has 1 aliphatic heterocycles. The first-order valence-electron chi connectivity index (χ1n) is 5.79. The normalized spacial score (nSPS) is 16.4. The lowest BCUT2D eigenvalue weighted by molar-refractivity contribution is -0.131. The fraction of sp³-hybridized carbons (Fsp3) is 0.583. The predicted octanol–water partition coefficient (Wildman–Crippen LogP) is 1.42. The van der Waals surface area contributed by atoms with E-state index in [0.29, 0.717) is 12.3 Å². The zero-order valence-corrected chi connectivity index (χ0v) is 10.5. The lowest BCUT2D eigenvalue weighted by atomic mass is 10.2. The number of aryl methyl sites for hydroxylation is 2. The third-order valence-electron chi connectivity index (χ3n) is 3.00. The van der Waals surface area contributed by atoms with Gasteiger partial charge in [0.15, 0.2) is 0 Å². The highest BCUT2D eigenvalue weighted by Gasteiger charge is 2.16. The summed E-state index contributed by atoms with van der Waals surface area (Å²) in [7, 11) is 0. The summed E-state index contributed by atoms with van der Waals surface area (Å²) in [6, 6.07) is 2.12. The van der Waals surface area contributed by atoms with Crippen LogP contribution in [0.1, 0.15) is 16.9 Å². The van der Waals surface area contributed by atoms with Gasteiger partial charge in [0.25, 0.3) is 0 Å². The molecule has 88 valence electrons. The molecule has 1 aliphatic rings. The molecular weight excluding hydrogens is 220 g/mol. The van der Waals surface area contributed by atoms with E-state index in [1.807, 2.05) is 4.90 Å². The molecule has 1 aromatic rings. The summed E-state index contributed by atoms with van der Waals surface area (Å²) in [5, 5.41) is 5.35. The van der Waals surface area contributed by atoms with Crippen molar-refractivity contribution in [1.82, 2.24) is 10.2 Å². The third-order valence-corrected chi connectivity index (χ3v) is 4.09. The molecule has 0 bridgehead atoms. The first-order chi connectivity index (χ1) is 7.77. The third kappa shape index (κ3) is 2.83. The van der Waals surface area contributed by atoms with Gasteiger partial charge in [-0.25, -0.2) is 0 Å². The monoisotopic (exact) mass is 238 g/mol. The highest BCUT2D eigenvalue weighted by atomic mass is 32.1. The minimum absolute atomic E-state index is 0.300. The van der Waals surface area contributed by atoms with Gasteiger partial charge in [0, 0.05) is 37.5 Å². The second kappa shape index (κ2) is 5.46. The van der Waals surface area contributed by atoms with Crippen LogP contribution < -0.4 is 5.32 Å². The first-order valence-corrected chi connectivity index (χ1v) is 6.67. The van der Waals surface area contributed by atoms with E-state index < -0.39 is 0 Å². The van der Waals surface area contributed by atoms with Crippen LogP contribution in [0.25, 0.3) is 0 Å². The van der Waals surface area contributed by atoms with Gasteiger partial charge in [-0.15, -0.1) is 11.3 Å². The van der Waals surface area contributed by atoms with Crippen LogP contribution in [0, 0.1) is 6.92 Å². The largest absolute Gasteiger partial charge is 0.340 e. The summed E-state index contributed by atoms with van der Waals surface area (Å²) >= 11 is 1.76. The van der Waals surface area contributed by atoms with Crippen molar-refractivity contribution in [3.8, 4) is 0 Å². The average molecular weight is 238 g/mol. The number of hydrogen-bond donors (Lipinski definition) is 1. The van der Waals surface area contributed by atoms with Gasteiger partial charge in [-0.3, -0.25) is 4.79 Å². The lowest BCUT2D eigenvalue weighted by Crippen LogP contribution is -2.46. The Morgan fingerprint density at radius 1 is 1.50 bits per heavy atom. The lowest BCUT2D eigenvalue weighted by Gasteiger charge is -2.27. The Labute approximate surface area is 100 Å². The molecule has 1 saturated heterocycles. The van der Waals surface area contributed by atoms with Crippen molar-refractivity contribution in [2.45, 2.75) is 19.8 Å². The first kappa shape index (κ1) is 11.6. The number of carbonyl (C=O) groups excluding carboxylic acids is 1. The molecule has 1 N–H and O–H groups in total. The number of thiophene rings is 1. The number of amides is 1. The van der Waals surface area contributed by atoms with Gasteiger partial charge < -0.3 is 10.2 Å². The van der Waals surface area contributed by atoms with E-state index in [0.717, 1.165) is 32.6 Å². The zero-order valence-electron chi connectivity index (χ0n) is 9.66. The number of nitrogens with zero attached hydrogens (tertiary/aromatic N) is 1. The van der Waals surface area contributed by atoms with E-state index in [2.05, 4.69) is 23.7 Å². The Balaban J connectivity index is 1.81. The van der Waals surface area contributed by atoms with Gasteiger partial charge in [-0.2, -0.15) is 0 Å². The summed E-state index contributed by atoms with van der Waals surface area (Å²) in [4.78, 5) is 15.2. The van der Waals surface area contributed by atoms with Gasteiger partial charge in [0.1, 0.15) is 0 Å². The van der Waals surface area contributed by atoms with Crippen LogP contribution in [-0.4, -0.2) is 37.0 Å². The van der Waals surface area contributed by atoms with Crippen LogP contribution in [0.15, 0.2) is 11.4 Å². The molecule has 2 heterocycles. The number of nitrogens with one attached hydrogen (secondary N) is 1. The molecule has 0 spiro atoms. The molecule has 3 nitrogen and oxygen atoms in total. The fourth-order valence-corrected chi connectivity index (χ4v) is 2.86. The maximum absolute atomic E-state index is 11.9. The smallest absolute Gasteiger partial charge is 0.223 e. The Hall–Kier alpha value is -0.870. The van der Waals surface area contributed by atoms with Crippen LogP contribution in [0.4, 0.5) is 0 Å². The zero-order chi connectivity index (χ0) is 11.4. The average Bonchev–Trinajstić information content (AvgIpc) is 2.73. The minimum atomic E-state index is 0.300. The molecule has 0 radical (unpaired) electrons. The molecule has 0 aromatic carbocycles. The summed E-state index contributed by atoms with van der Waals surface area (Å²) in [6.45, 7) is 5.71. The van der Waals surface area contributed by atoms with E-state index in [-0.39, 0.29) is 0 Å². The molecule has 0 atom stereocenters. The fourth-order valence-electron chi connectivity index (χ4n) is 1.95. The topological polar surface area (TPSA) is 32.3 Å². The highest BCUT2D eigenvalue weighted by molar-refractivity contribution is 7.10. The highest BCUT2D eigenvalue weighted by Crippen LogP contribution is 2.17. The summed E-state index contributed by atoms with van der Waals surface area (Å²) < 4.78 is 0. The number of rotatable bonds is 3. The van der Waals surface area contributed by atoms with Crippen molar-refractivity contribution < 1.29 is 4.79 Å². The molecule has 2 rings (SSSR count). The Bertz CT molecular complexity index is 356. The van der Waals surface area contributed by atoms with Crippen LogP contribution in [0.3, 0.4) is 0 Å². The molecule has 0 unspecified atom stereocenters. The molecule has 0 saturated carbocycles. The van der Waals surface area contributed by atoms with Crippen molar-refractivity contribution in [3.63, 3.8) is 0 Å². The van der Waals surface area contributed by atoms with Crippen molar-refractivity contribution in [1.29, 1.82) is 0 Å². The van der Waals surface area contributed by atoms with E-state index in [1.54, 1.807) is 11.3 Å². The van der Waals surface area contributed by atoms with Crippen LogP contribution >= 0.6 is 11.3 Å². The maximum Gasteiger partial charge on any atom is 0.223 e. The van der Waals surface area contributed by atoms with Crippen LogP contribution in [-0.2, 0) is 11.2 Å². The van der Waals surface area contributed by atoms with Gasteiger partial charge in [-0.1, -0.05) is 0 Å². The van der Waals surface area contributed by atoms with Crippen molar-refractivity contribution in [3.05, 3.63) is 21.9 Å². The predicted molar refractivity (Wildman–Crippen MR) is 66.8 cm³/mol. The molecule has 1 fully saturated rings. The van der Waals surface area contributed by atoms with Gasteiger partial charge >= 0.3 is 0 Å².